The zero-order valence-electron chi connectivity index (χ0n) is 14.3. The smallest absolute Gasteiger partial charge is 0.227 e. The molecule has 1 amide bonds. The van der Waals surface area contributed by atoms with Crippen LogP contribution >= 0.6 is 12.2 Å². The highest BCUT2D eigenvalue weighted by atomic mass is 32.1. The van der Waals surface area contributed by atoms with Crippen molar-refractivity contribution in [1.82, 2.24) is 10.3 Å². The molecule has 0 bridgehead atoms. The molecule has 0 unspecified atom stereocenters. The molecule has 1 heterocycles. The first-order valence-corrected chi connectivity index (χ1v) is 8.46. The Balaban J connectivity index is 1.93. The maximum atomic E-state index is 11.1. The van der Waals surface area contributed by atoms with Gasteiger partial charge in [0.1, 0.15) is 5.52 Å². The van der Waals surface area contributed by atoms with Gasteiger partial charge in [-0.15, -0.1) is 0 Å². The van der Waals surface area contributed by atoms with E-state index in [0.29, 0.717) is 5.89 Å². The van der Waals surface area contributed by atoms with Crippen LogP contribution in [-0.4, -0.2) is 16.0 Å². The topological polar surface area (TPSA) is 67.2 Å². The molecule has 2 aromatic carbocycles. The number of carbonyl (C=O) groups excluding carboxylic acids is 1. The first kappa shape index (κ1) is 17.1. The van der Waals surface area contributed by atoms with Gasteiger partial charge < -0.3 is 15.1 Å². The molecule has 5 nitrogen and oxygen atoms in total. The summed E-state index contributed by atoms with van der Waals surface area (Å²) in [6, 6.07) is 11.9. The molecule has 128 valence electrons. The Hall–Kier alpha value is -2.73. The fourth-order valence-electron chi connectivity index (χ4n) is 2.52. The van der Waals surface area contributed by atoms with Crippen molar-refractivity contribution >= 4 is 40.0 Å². The van der Waals surface area contributed by atoms with Gasteiger partial charge in [-0.1, -0.05) is 19.1 Å². The molecule has 0 fully saturated rings. The fourth-order valence-corrected chi connectivity index (χ4v) is 2.77. The van der Waals surface area contributed by atoms with Crippen LogP contribution in [0.4, 0.5) is 5.69 Å². The van der Waals surface area contributed by atoms with E-state index in [0.717, 1.165) is 34.3 Å². The van der Waals surface area contributed by atoms with Crippen LogP contribution in [0.2, 0.25) is 0 Å². The highest BCUT2D eigenvalue weighted by Gasteiger charge is 2.11. The Kier molecular flexibility index (Phi) is 4.81. The number of hydrogen-bond acceptors (Lipinski definition) is 4. The number of fused-ring (bicyclic) bond motifs is 1. The summed E-state index contributed by atoms with van der Waals surface area (Å²) in [4.78, 5) is 15.7. The van der Waals surface area contributed by atoms with Crippen LogP contribution in [0.5, 0.6) is 0 Å². The van der Waals surface area contributed by atoms with Crippen LogP contribution in [0.15, 0.2) is 40.8 Å². The Labute approximate surface area is 151 Å². The third-order valence-electron chi connectivity index (χ3n) is 3.88. The molecule has 3 rings (SSSR count). The van der Waals surface area contributed by atoms with Crippen molar-refractivity contribution in [3.8, 4) is 11.5 Å². The number of rotatable bonds is 3. The summed E-state index contributed by atoms with van der Waals surface area (Å²) in [7, 11) is 0. The molecule has 0 radical (unpaired) electrons. The van der Waals surface area contributed by atoms with Crippen molar-refractivity contribution in [3.63, 3.8) is 0 Å². The summed E-state index contributed by atoms with van der Waals surface area (Å²) >= 11 is 5.13. The van der Waals surface area contributed by atoms with Gasteiger partial charge in [-0.25, -0.2) is 4.98 Å². The molecule has 0 atom stereocenters. The van der Waals surface area contributed by atoms with E-state index in [4.69, 9.17) is 16.6 Å². The third-order valence-corrected chi connectivity index (χ3v) is 4.09. The minimum atomic E-state index is -0.211. The lowest BCUT2D eigenvalue weighted by Crippen LogP contribution is -2.32. The van der Waals surface area contributed by atoms with Gasteiger partial charge in [-0.2, -0.15) is 0 Å². The van der Waals surface area contributed by atoms with Gasteiger partial charge in [-0.05, 0) is 61.0 Å². The summed E-state index contributed by atoms with van der Waals surface area (Å²) in [6.45, 7) is 5.49. The lowest BCUT2D eigenvalue weighted by atomic mass is 10.1. The number of aromatic nitrogens is 1. The van der Waals surface area contributed by atoms with E-state index in [2.05, 4.69) is 22.5 Å². The number of anilines is 1. The number of nitrogens with zero attached hydrogens (tertiary/aromatic N) is 1. The van der Waals surface area contributed by atoms with E-state index in [1.165, 1.54) is 12.5 Å². The van der Waals surface area contributed by atoms with Gasteiger partial charge in [0.2, 0.25) is 11.8 Å². The van der Waals surface area contributed by atoms with E-state index >= 15 is 0 Å². The number of oxazole rings is 1. The van der Waals surface area contributed by atoms with Crippen molar-refractivity contribution < 1.29 is 9.21 Å². The molecule has 0 aliphatic heterocycles. The molecule has 25 heavy (non-hydrogen) atoms. The van der Waals surface area contributed by atoms with E-state index < -0.39 is 0 Å². The van der Waals surface area contributed by atoms with Gasteiger partial charge in [0, 0.05) is 18.2 Å². The Morgan fingerprint density at radius 2 is 2.04 bits per heavy atom. The number of aryl methyl sites for hydroxylation is 2. The van der Waals surface area contributed by atoms with E-state index in [1.807, 2.05) is 43.3 Å². The summed E-state index contributed by atoms with van der Waals surface area (Å²) in [5, 5.41) is 5.85. The largest absolute Gasteiger partial charge is 0.436 e. The molecule has 6 heteroatoms. The standard InChI is InChI=1S/C19H19N3O2S/c1-4-13-6-8-17-16(9-13)21-18(24-17)14-7-5-11(2)15(10-14)22-19(25)20-12(3)23/h5-10H,4H2,1-3H3,(H2,20,22,23,25). The van der Waals surface area contributed by atoms with Gasteiger partial charge >= 0.3 is 0 Å². The number of hydrogen-bond donors (Lipinski definition) is 2. The van der Waals surface area contributed by atoms with Gasteiger partial charge in [0.25, 0.3) is 0 Å². The van der Waals surface area contributed by atoms with Crippen molar-refractivity contribution in [3.05, 3.63) is 47.5 Å². The Morgan fingerprint density at radius 1 is 1.24 bits per heavy atom. The van der Waals surface area contributed by atoms with Crippen LogP contribution in [-0.2, 0) is 11.2 Å². The van der Waals surface area contributed by atoms with Crippen LogP contribution < -0.4 is 10.6 Å². The van der Waals surface area contributed by atoms with Crippen LogP contribution in [0, 0.1) is 6.92 Å². The second-order valence-corrected chi connectivity index (χ2v) is 6.25. The fraction of sp³-hybridized carbons (Fsp3) is 0.211. The summed E-state index contributed by atoms with van der Waals surface area (Å²) in [6.07, 6.45) is 0.956. The Bertz CT molecular complexity index is 962. The predicted octanol–water partition coefficient (Wildman–Crippen LogP) is 4.20. The monoisotopic (exact) mass is 353 g/mol. The highest BCUT2D eigenvalue weighted by Crippen LogP contribution is 2.28. The summed E-state index contributed by atoms with van der Waals surface area (Å²) in [5.41, 5.74) is 5.47. The average molecular weight is 353 g/mol. The first-order valence-electron chi connectivity index (χ1n) is 8.05. The molecule has 0 spiro atoms. The number of thiocarbonyl (C=S) groups is 1. The molecule has 3 aromatic rings. The van der Waals surface area contributed by atoms with Gasteiger partial charge in [0.05, 0.1) is 0 Å². The Morgan fingerprint density at radius 3 is 2.76 bits per heavy atom. The number of carbonyl (C=O) groups is 1. The molecule has 2 N–H and O–H groups in total. The minimum Gasteiger partial charge on any atom is -0.436 e. The SMILES string of the molecule is CCc1ccc2oc(-c3ccc(C)c(NC(=S)NC(C)=O)c3)nc2c1. The maximum Gasteiger partial charge on any atom is 0.227 e. The first-order chi connectivity index (χ1) is 12.0. The molecule has 0 saturated carbocycles. The second kappa shape index (κ2) is 7.03. The van der Waals surface area contributed by atoms with E-state index in [-0.39, 0.29) is 11.0 Å². The molecular weight excluding hydrogens is 334 g/mol. The normalized spacial score (nSPS) is 10.7. The minimum absolute atomic E-state index is 0.211. The number of amides is 1. The van der Waals surface area contributed by atoms with Gasteiger partial charge in [0.15, 0.2) is 10.7 Å². The average Bonchev–Trinajstić information content (AvgIpc) is 2.99. The molecular formula is C19H19N3O2S. The van der Waals surface area contributed by atoms with Crippen molar-refractivity contribution in [2.45, 2.75) is 27.2 Å². The molecule has 0 saturated heterocycles. The number of nitrogens with one attached hydrogen (secondary N) is 2. The maximum absolute atomic E-state index is 11.1. The van der Waals surface area contributed by atoms with Gasteiger partial charge in [-0.3, -0.25) is 4.79 Å². The highest BCUT2D eigenvalue weighted by molar-refractivity contribution is 7.80. The van der Waals surface area contributed by atoms with Crippen molar-refractivity contribution in [1.29, 1.82) is 0 Å². The summed E-state index contributed by atoms with van der Waals surface area (Å²) in [5.74, 6) is 0.341. The van der Waals surface area contributed by atoms with Crippen molar-refractivity contribution in [2.75, 3.05) is 5.32 Å². The zero-order chi connectivity index (χ0) is 18.0. The lowest BCUT2D eigenvalue weighted by Gasteiger charge is -2.11. The van der Waals surface area contributed by atoms with E-state index in [9.17, 15) is 4.79 Å². The molecule has 0 aliphatic rings. The van der Waals surface area contributed by atoms with E-state index in [1.54, 1.807) is 0 Å². The van der Waals surface area contributed by atoms with Crippen LogP contribution in [0.25, 0.3) is 22.6 Å². The molecule has 1 aromatic heterocycles. The predicted molar refractivity (Wildman–Crippen MR) is 104 cm³/mol. The van der Waals surface area contributed by atoms with Crippen molar-refractivity contribution in [2.24, 2.45) is 0 Å². The summed E-state index contributed by atoms with van der Waals surface area (Å²) < 4.78 is 5.88. The van der Waals surface area contributed by atoms with Crippen LogP contribution in [0.1, 0.15) is 25.0 Å². The van der Waals surface area contributed by atoms with Crippen LogP contribution in [0.3, 0.4) is 0 Å². The number of benzene rings is 2. The second-order valence-electron chi connectivity index (χ2n) is 5.84. The zero-order valence-corrected chi connectivity index (χ0v) is 15.2. The third kappa shape index (κ3) is 3.85. The lowest BCUT2D eigenvalue weighted by molar-refractivity contribution is -0.117. The quantitative estimate of drug-likeness (QED) is 0.691. The molecule has 0 aliphatic carbocycles.